The highest BCUT2D eigenvalue weighted by molar-refractivity contribution is 8.78. The van der Waals surface area contributed by atoms with E-state index in [0.29, 0.717) is 30.1 Å². The predicted octanol–water partition coefficient (Wildman–Crippen LogP) is 5.75. The summed E-state index contributed by atoms with van der Waals surface area (Å²) in [5, 5.41) is 1.80. The third-order valence-electron chi connectivity index (χ3n) is 6.65. The molecule has 0 saturated heterocycles. The van der Waals surface area contributed by atoms with Crippen molar-refractivity contribution >= 4 is 72.9 Å². The Hall–Kier alpha value is -1.96. The minimum Gasteiger partial charge on any atom is -0.464 e. The van der Waals surface area contributed by atoms with E-state index in [1.165, 1.54) is 13.0 Å². The Bertz CT molecular complexity index is 1340. The van der Waals surface area contributed by atoms with Gasteiger partial charge in [-0.25, -0.2) is 8.42 Å². The zero-order valence-corrected chi connectivity index (χ0v) is 29.7. The van der Waals surface area contributed by atoms with E-state index in [4.69, 9.17) is 4.74 Å². The van der Waals surface area contributed by atoms with E-state index >= 15 is 0 Å². The van der Waals surface area contributed by atoms with Gasteiger partial charge in [0.25, 0.3) is 0 Å². The number of carbonyl (C=O) groups is 2. The number of sulfonamides is 1. The molecule has 2 aromatic carbocycles. The summed E-state index contributed by atoms with van der Waals surface area (Å²) in [6.07, 6.45) is 3.40. The van der Waals surface area contributed by atoms with Crippen LogP contribution in [0.2, 0.25) is 0 Å². The van der Waals surface area contributed by atoms with Crippen molar-refractivity contribution in [1.29, 1.82) is 0 Å². The van der Waals surface area contributed by atoms with E-state index in [2.05, 4.69) is 18.6 Å². The number of carbonyl (C=O) groups excluding carboxylic acids is 2. The highest BCUT2D eigenvalue weighted by Crippen LogP contribution is 2.39. The molecular formula is C30H47ClN4O5S3. The first-order chi connectivity index (χ1) is 19.8. The maximum absolute atomic E-state index is 13.3. The Labute approximate surface area is 272 Å². The molecule has 2 rings (SSSR count). The molecule has 9 nitrogen and oxygen atoms in total. The van der Waals surface area contributed by atoms with Crippen LogP contribution in [-0.4, -0.2) is 89.8 Å². The number of hydrogen-bond donors (Lipinski definition) is 1. The van der Waals surface area contributed by atoms with E-state index in [0.717, 1.165) is 40.9 Å². The maximum atomic E-state index is 13.3. The highest BCUT2D eigenvalue weighted by atomic mass is 35.5. The molecular weight excluding hydrogens is 628 g/mol. The molecule has 43 heavy (non-hydrogen) atoms. The molecule has 242 valence electrons. The van der Waals surface area contributed by atoms with Crippen molar-refractivity contribution in [3.05, 3.63) is 47.0 Å². The second-order valence-electron chi connectivity index (χ2n) is 10.7. The summed E-state index contributed by atoms with van der Waals surface area (Å²) in [4.78, 5) is 31.4. The number of nitrogens with one attached hydrogen (secondary N) is 1. The van der Waals surface area contributed by atoms with Crippen LogP contribution in [0.25, 0.3) is 10.8 Å². The largest absolute Gasteiger partial charge is 0.464 e. The Morgan fingerprint density at radius 2 is 1.70 bits per heavy atom. The molecule has 1 amide bonds. The fraction of sp³-hybridized carbons (Fsp3) is 0.533. The van der Waals surface area contributed by atoms with Crippen molar-refractivity contribution in [2.45, 2.75) is 63.1 Å². The zero-order chi connectivity index (χ0) is 31.4. The Balaban J connectivity index is 0.00000924. The number of likely N-dealkylation sites (N-methyl/N-ethyl adjacent to an activating group) is 1. The van der Waals surface area contributed by atoms with Gasteiger partial charge in [-0.3, -0.25) is 9.59 Å². The fourth-order valence-electron chi connectivity index (χ4n) is 4.25. The van der Waals surface area contributed by atoms with Gasteiger partial charge >= 0.3 is 5.97 Å². The number of allylic oxidation sites excluding steroid dienone is 1. The lowest BCUT2D eigenvalue weighted by atomic mass is 10.1. The third-order valence-corrected chi connectivity index (χ3v) is 11.5. The normalized spacial score (nSPS) is 13.6. The van der Waals surface area contributed by atoms with Gasteiger partial charge in [-0.15, -0.1) is 12.4 Å². The first-order valence-electron chi connectivity index (χ1n) is 14.1. The summed E-state index contributed by atoms with van der Waals surface area (Å²) in [5.74, 6) is -0.665. The molecule has 0 aliphatic carbocycles. The van der Waals surface area contributed by atoms with Crippen LogP contribution in [0.1, 0.15) is 47.0 Å². The van der Waals surface area contributed by atoms with Crippen LogP contribution < -0.4 is 9.62 Å². The second-order valence-corrected chi connectivity index (χ2v) is 15.1. The molecule has 0 aliphatic rings. The molecule has 1 N–H and O–H groups in total. The Morgan fingerprint density at radius 1 is 1.05 bits per heavy atom. The van der Waals surface area contributed by atoms with Gasteiger partial charge in [0.15, 0.2) is 0 Å². The Morgan fingerprint density at radius 3 is 2.30 bits per heavy atom. The number of rotatable bonds is 18. The number of benzene rings is 2. The molecule has 2 atom stereocenters. The summed E-state index contributed by atoms with van der Waals surface area (Å²) in [5.41, 5.74) is 1.72. The van der Waals surface area contributed by atoms with Gasteiger partial charge in [0.2, 0.25) is 16.4 Å². The minimum absolute atomic E-state index is 0. The number of fused-ring (bicyclic) bond motifs is 1. The number of ether oxygens (including phenoxy) is 1. The summed E-state index contributed by atoms with van der Waals surface area (Å²) < 4.78 is 34.7. The molecule has 0 fully saturated rings. The number of esters is 1. The molecule has 0 bridgehead atoms. The van der Waals surface area contributed by atoms with Gasteiger partial charge < -0.3 is 19.4 Å². The van der Waals surface area contributed by atoms with Crippen LogP contribution in [0.4, 0.5) is 5.69 Å². The zero-order valence-electron chi connectivity index (χ0n) is 26.5. The summed E-state index contributed by atoms with van der Waals surface area (Å²) in [6, 6.07) is 9.51. The maximum Gasteiger partial charge on any atom is 0.323 e. The van der Waals surface area contributed by atoms with Gasteiger partial charge in [-0.1, -0.05) is 66.1 Å². The summed E-state index contributed by atoms with van der Waals surface area (Å²) in [6.45, 7) is 9.02. The van der Waals surface area contributed by atoms with E-state index < -0.39 is 22.0 Å². The first kappa shape index (κ1) is 39.1. The smallest absolute Gasteiger partial charge is 0.323 e. The van der Waals surface area contributed by atoms with Crippen molar-refractivity contribution < 1.29 is 22.7 Å². The third kappa shape index (κ3) is 11.8. The van der Waals surface area contributed by atoms with Crippen molar-refractivity contribution in [3.8, 4) is 0 Å². The summed E-state index contributed by atoms with van der Waals surface area (Å²) >= 11 is 0. The molecule has 2 unspecified atom stereocenters. The molecule has 2 aromatic rings. The molecule has 0 saturated carbocycles. The van der Waals surface area contributed by atoms with Gasteiger partial charge in [0.05, 0.1) is 11.5 Å². The number of nitrogens with zero attached hydrogens (tertiary/aromatic N) is 3. The molecule has 0 aliphatic heterocycles. The van der Waals surface area contributed by atoms with E-state index in [1.54, 1.807) is 38.6 Å². The standard InChI is InChI=1S/C30H46N4O5S3.ClH/c1-9-12-22(2)40-41-28(24(4)34(21-35)19-18-32(5)6)17-20-39-30(36)23(3)31-42(37,38)29-16-11-13-25-26(29)14-10-15-27(25)33(7)8;/h10-11,13-16,21-23,31H,9,12,17-20H2,1-8H3;1H. The van der Waals surface area contributed by atoms with Crippen molar-refractivity contribution in [2.75, 3.05) is 52.8 Å². The van der Waals surface area contributed by atoms with Crippen molar-refractivity contribution in [3.63, 3.8) is 0 Å². The van der Waals surface area contributed by atoms with Gasteiger partial charge in [-0.2, -0.15) is 4.72 Å². The van der Waals surface area contributed by atoms with Crippen molar-refractivity contribution in [2.24, 2.45) is 0 Å². The average Bonchev–Trinajstić information content (AvgIpc) is 2.93. The van der Waals surface area contributed by atoms with Gasteiger partial charge in [0, 0.05) is 65.9 Å². The van der Waals surface area contributed by atoms with Gasteiger partial charge in [-0.05, 0) is 46.5 Å². The number of halogens is 1. The lowest BCUT2D eigenvalue weighted by molar-refractivity contribution is -0.145. The first-order valence-corrected chi connectivity index (χ1v) is 17.8. The van der Waals surface area contributed by atoms with Crippen LogP contribution in [0.5, 0.6) is 0 Å². The van der Waals surface area contributed by atoms with Gasteiger partial charge in [0.1, 0.15) is 6.04 Å². The number of hydrogen-bond acceptors (Lipinski definition) is 9. The topological polar surface area (TPSA) is 99.3 Å². The van der Waals surface area contributed by atoms with E-state index in [9.17, 15) is 18.0 Å². The van der Waals surface area contributed by atoms with E-state index in [-0.39, 0.29) is 23.9 Å². The van der Waals surface area contributed by atoms with Crippen LogP contribution in [0.15, 0.2) is 51.9 Å². The van der Waals surface area contributed by atoms with Crippen LogP contribution in [-0.2, 0) is 24.3 Å². The van der Waals surface area contributed by atoms with Crippen LogP contribution in [0, 0.1) is 0 Å². The minimum atomic E-state index is -4.02. The highest BCUT2D eigenvalue weighted by Gasteiger charge is 2.25. The lowest BCUT2D eigenvalue weighted by Crippen LogP contribution is -2.39. The molecule has 13 heteroatoms. The molecule has 0 radical (unpaired) electrons. The molecule has 0 aromatic heterocycles. The lowest BCUT2D eigenvalue weighted by Gasteiger charge is -2.24. The number of amides is 1. The van der Waals surface area contributed by atoms with Crippen molar-refractivity contribution in [1.82, 2.24) is 14.5 Å². The average molecular weight is 675 g/mol. The van der Waals surface area contributed by atoms with E-state index in [1.807, 2.05) is 63.1 Å². The fourth-order valence-corrected chi connectivity index (χ4v) is 8.42. The predicted molar refractivity (Wildman–Crippen MR) is 184 cm³/mol. The SMILES string of the molecule is CCCC(C)SSC(CCOC(=O)C(C)NS(=O)(=O)c1cccc2c(N(C)C)cccc12)=C(C)N(C=O)CCN(C)C.Cl. The monoisotopic (exact) mass is 674 g/mol. The quantitative estimate of drug-likeness (QED) is 0.120. The van der Waals surface area contributed by atoms with Crippen LogP contribution >= 0.6 is 34.0 Å². The van der Waals surface area contributed by atoms with Crippen LogP contribution in [0.3, 0.4) is 0 Å². The Kier molecular flexibility index (Phi) is 17.0. The molecule has 0 heterocycles. The molecule has 0 spiro atoms. The number of anilines is 1. The summed E-state index contributed by atoms with van der Waals surface area (Å²) in [7, 11) is 7.03. The second kappa shape index (κ2) is 18.8.